The number of benzene rings is 2. The monoisotopic (exact) mass is 452 g/mol. The van der Waals surface area contributed by atoms with Crippen molar-refractivity contribution in [1.29, 1.82) is 0 Å². The van der Waals surface area contributed by atoms with Gasteiger partial charge in [0, 0.05) is 0 Å². The Morgan fingerprint density at radius 1 is 0.781 bits per heavy atom. The van der Waals surface area contributed by atoms with Gasteiger partial charge in [-0.05, 0) is 65.9 Å². The molecule has 0 spiro atoms. The van der Waals surface area contributed by atoms with Gasteiger partial charge in [-0.25, -0.2) is 0 Å². The summed E-state index contributed by atoms with van der Waals surface area (Å²) >= 11 is 0. The van der Waals surface area contributed by atoms with E-state index in [1.54, 1.807) is 12.4 Å². The molecule has 2 nitrogen and oxygen atoms in total. The van der Waals surface area contributed by atoms with Crippen molar-refractivity contribution in [3.8, 4) is 22.6 Å². The van der Waals surface area contributed by atoms with Gasteiger partial charge in [0.2, 0.25) is 0 Å². The van der Waals surface area contributed by atoms with E-state index in [0.29, 0.717) is 0 Å². The summed E-state index contributed by atoms with van der Waals surface area (Å²) < 4.78 is 12.0. The zero-order valence-electron chi connectivity index (χ0n) is 20.4. The minimum absolute atomic E-state index is 0.200. The fourth-order valence-electron chi connectivity index (χ4n) is 6.05. The van der Waals surface area contributed by atoms with Gasteiger partial charge in [0.25, 0.3) is 0 Å². The molecule has 0 saturated heterocycles. The van der Waals surface area contributed by atoms with Crippen molar-refractivity contribution in [3.05, 3.63) is 42.0 Å². The third-order valence-electron chi connectivity index (χ3n) is 7.53. The molecule has 0 aromatic heterocycles. The summed E-state index contributed by atoms with van der Waals surface area (Å²) in [6.45, 7) is 2.24. The number of ether oxygens (including phenoxy) is 2. The predicted octanol–water partition coefficient (Wildman–Crippen LogP) is 8.10. The van der Waals surface area contributed by atoms with Gasteiger partial charge < -0.3 is 9.47 Å². The second-order valence-corrected chi connectivity index (χ2v) is 12.4. The molecule has 0 unspecified atom stereocenters. The molecule has 2 saturated carbocycles. The first-order valence-corrected chi connectivity index (χ1v) is 14.4. The maximum Gasteiger partial charge on any atom is 0.133 e. The zero-order valence-corrected chi connectivity index (χ0v) is 21.3. The average molecular weight is 453 g/mol. The highest BCUT2D eigenvalue weighted by molar-refractivity contribution is 7.67. The minimum atomic E-state index is -0.200. The van der Waals surface area contributed by atoms with E-state index in [4.69, 9.17) is 9.47 Å². The molecule has 2 aromatic rings. The van der Waals surface area contributed by atoms with E-state index in [-0.39, 0.29) is 7.92 Å². The maximum absolute atomic E-state index is 6.08. The van der Waals surface area contributed by atoms with Crippen LogP contribution < -0.4 is 14.8 Å². The van der Waals surface area contributed by atoms with Crippen LogP contribution in [-0.2, 0) is 6.42 Å². The summed E-state index contributed by atoms with van der Waals surface area (Å²) in [6.07, 6.45) is 16.3. The lowest BCUT2D eigenvalue weighted by Gasteiger charge is -2.39. The van der Waals surface area contributed by atoms with Crippen LogP contribution >= 0.6 is 7.92 Å². The highest BCUT2D eigenvalue weighted by atomic mass is 31.1. The summed E-state index contributed by atoms with van der Waals surface area (Å²) in [6, 6.07) is 13.6. The predicted molar refractivity (Wildman–Crippen MR) is 139 cm³/mol. The van der Waals surface area contributed by atoms with Gasteiger partial charge in [-0.2, -0.15) is 0 Å². The zero-order chi connectivity index (χ0) is 22.3. The Kier molecular flexibility index (Phi) is 8.53. The van der Waals surface area contributed by atoms with Crippen LogP contribution in [0.4, 0.5) is 0 Å². The smallest absolute Gasteiger partial charge is 0.133 e. The van der Waals surface area contributed by atoms with Gasteiger partial charge in [0.05, 0.1) is 19.8 Å². The Morgan fingerprint density at radius 2 is 1.41 bits per heavy atom. The van der Waals surface area contributed by atoms with Gasteiger partial charge in [-0.3, -0.25) is 0 Å². The molecule has 3 heteroatoms. The topological polar surface area (TPSA) is 18.5 Å². The molecule has 174 valence electrons. The normalized spacial score (nSPS) is 18.1. The highest BCUT2D eigenvalue weighted by Crippen LogP contribution is 2.57. The van der Waals surface area contributed by atoms with Crippen molar-refractivity contribution < 1.29 is 9.47 Å². The van der Waals surface area contributed by atoms with Crippen molar-refractivity contribution in [2.75, 3.05) is 14.2 Å². The Hall–Kier alpha value is -1.53. The van der Waals surface area contributed by atoms with E-state index in [9.17, 15) is 0 Å². The van der Waals surface area contributed by atoms with Crippen LogP contribution in [0.25, 0.3) is 11.1 Å². The molecule has 0 atom stereocenters. The number of hydrogen-bond donors (Lipinski definition) is 0. The molecule has 4 rings (SSSR count). The van der Waals surface area contributed by atoms with Crippen LogP contribution in [0.5, 0.6) is 11.5 Å². The Labute approximate surface area is 196 Å². The van der Waals surface area contributed by atoms with Gasteiger partial charge in [0.15, 0.2) is 0 Å². The molecule has 2 fully saturated rings. The van der Waals surface area contributed by atoms with Crippen molar-refractivity contribution in [1.82, 2.24) is 0 Å². The average Bonchev–Trinajstić information content (AvgIpc) is 2.86. The second kappa shape index (κ2) is 11.6. The van der Waals surface area contributed by atoms with Crippen molar-refractivity contribution in [2.24, 2.45) is 0 Å². The molecule has 0 radical (unpaired) electrons. The van der Waals surface area contributed by atoms with Crippen LogP contribution in [-0.4, -0.2) is 25.5 Å². The summed E-state index contributed by atoms with van der Waals surface area (Å²) in [7, 11) is 3.42. The molecular weight excluding hydrogens is 411 g/mol. The molecule has 2 aliphatic carbocycles. The molecule has 0 amide bonds. The minimum Gasteiger partial charge on any atom is -0.496 e. The third kappa shape index (κ3) is 5.01. The fraction of sp³-hybridized carbons (Fsp3) is 0.586. The van der Waals surface area contributed by atoms with Crippen LogP contribution in [0.3, 0.4) is 0 Å². The highest BCUT2D eigenvalue weighted by Gasteiger charge is 2.34. The standard InChI is InChI=1S/C29H41O2P/c1-4-13-22-20-21-26(30-2)28(29(22)31-3)25-18-11-12-19-27(25)32(23-14-7-5-8-15-23)24-16-9-6-10-17-24/h11-12,18-21,23-24H,4-10,13-17H2,1-3H3. The summed E-state index contributed by atoms with van der Waals surface area (Å²) in [4.78, 5) is 0. The number of rotatable bonds is 8. The molecule has 0 aliphatic heterocycles. The van der Waals surface area contributed by atoms with Gasteiger partial charge in [-0.1, -0.05) is 90.1 Å². The van der Waals surface area contributed by atoms with E-state index in [1.807, 2.05) is 7.11 Å². The quantitative estimate of drug-likeness (QED) is 0.377. The fourth-order valence-corrected chi connectivity index (χ4v) is 10.0. The largest absolute Gasteiger partial charge is 0.496 e. The summed E-state index contributed by atoms with van der Waals surface area (Å²) in [5, 5.41) is 1.60. The third-order valence-corrected chi connectivity index (χ3v) is 11.1. The first-order valence-electron chi connectivity index (χ1n) is 12.9. The van der Waals surface area contributed by atoms with Gasteiger partial charge in [0.1, 0.15) is 11.5 Å². The Balaban J connectivity index is 1.86. The molecule has 2 aromatic carbocycles. The van der Waals surface area contributed by atoms with Crippen molar-refractivity contribution >= 4 is 13.2 Å². The van der Waals surface area contributed by atoms with Crippen molar-refractivity contribution in [2.45, 2.75) is 95.3 Å². The summed E-state index contributed by atoms with van der Waals surface area (Å²) in [5.41, 5.74) is 5.58. The van der Waals surface area contributed by atoms with E-state index < -0.39 is 0 Å². The molecule has 0 bridgehead atoms. The van der Waals surface area contributed by atoms with E-state index in [1.165, 1.54) is 80.9 Å². The summed E-state index contributed by atoms with van der Waals surface area (Å²) in [5.74, 6) is 1.96. The molecule has 0 heterocycles. The number of hydrogen-bond acceptors (Lipinski definition) is 2. The van der Waals surface area contributed by atoms with Gasteiger partial charge in [-0.15, -0.1) is 0 Å². The number of methoxy groups -OCH3 is 2. The Morgan fingerprint density at radius 3 is 1.97 bits per heavy atom. The second-order valence-electron chi connectivity index (χ2n) is 9.59. The van der Waals surface area contributed by atoms with Crippen LogP contribution in [0, 0.1) is 0 Å². The SMILES string of the molecule is CCCc1ccc(OC)c(-c2ccccc2P(C2CCCCC2)C2CCCCC2)c1OC. The maximum atomic E-state index is 6.08. The molecular formula is C29H41O2P. The Bertz CT molecular complexity index is 847. The lowest BCUT2D eigenvalue weighted by Crippen LogP contribution is -2.27. The van der Waals surface area contributed by atoms with Crippen molar-refractivity contribution in [3.63, 3.8) is 0 Å². The van der Waals surface area contributed by atoms with E-state index >= 15 is 0 Å². The van der Waals surface area contributed by atoms with Gasteiger partial charge >= 0.3 is 0 Å². The lowest BCUT2D eigenvalue weighted by atomic mass is 9.97. The first-order chi connectivity index (χ1) is 15.8. The van der Waals surface area contributed by atoms with Crippen LogP contribution in [0.2, 0.25) is 0 Å². The molecule has 2 aliphatic rings. The first kappa shape index (κ1) is 23.6. The molecule has 0 N–H and O–H groups in total. The molecule has 32 heavy (non-hydrogen) atoms. The van der Waals surface area contributed by atoms with Crippen LogP contribution in [0.1, 0.15) is 83.1 Å². The van der Waals surface area contributed by atoms with Crippen LogP contribution in [0.15, 0.2) is 36.4 Å². The lowest BCUT2D eigenvalue weighted by molar-refractivity contribution is 0.394. The van der Waals surface area contributed by atoms with E-state index in [0.717, 1.165) is 35.7 Å². The van der Waals surface area contributed by atoms with E-state index in [2.05, 4.69) is 43.3 Å². The number of aryl methyl sites for hydroxylation is 1.